The van der Waals surface area contributed by atoms with Gasteiger partial charge in [-0.1, -0.05) is 0 Å². The average molecular weight is 333 g/mol. The first-order chi connectivity index (χ1) is 9.56. The van der Waals surface area contributed by atoms with Gasteiger partial charge in [-0.3, -0.25) is 4.79 Å². The molecule has 4 nitrogen and oxygen atoms in total. The minimum atomic E-state index is 0. The topological polar surface area (TPSA) is 41.6 Å². The van der Waals surface area contributed by atoms with Gasteiger partial charge >= 0.3 is 0 Å². The zero-order valence-corrected chi connectivity index (χ0v) is 14.6. The summed E-state index contributed by atoms with van der Waals surface area (Å²) in [6, 6.07) is 4.60. The van der Waals surface area contributed by atoms with E-state index in [4.69, 9.17) is 4.74 Å². The second kappa shape index (κ2) is 8.73. The SMILES string of the molecule is Cc1ccc(CN(C(=O)CC2COCCN2)C(C)C)s1.Cl. The molecule has 0 aromatic carbocycles. The van der Waals surface area contributed by atoms with Gasteiger partial charge in [0.05, 0.1) is 19.8 Å². The number of nitrogens with one attached hydrogen (secondary N) is 1. The molecule has 0 aliphatic carbocycles. The molecule has 1 aliphatic heterocycles. The Hall–Kier alpha value is -0.620. The molecule has 1 amide bonds. The van der Waals surface area contributed by atoms with Gasteiger partial charge in [0.1, 0.15) is 0 Å². The Morgan fingerprint density at radius 3 is 2.81 bits per heavy atom. The van der Waals surface area contributed by atoms with E-state index in [-0.39, 0.29) is 30.4 Å². The van der Waals surface area contributed by atoms with Gasteiger partial charge in [0.25, 0.3) is 0 Å². The number of hydrogen-bond donors (Lipinski definition) is 1. The van der Waals surface area contributed by atoms with Gasteiger partial charge in [0.2, 0.25) is 5.91 Å². The number of morpholine rings is 1. The highest BCUT2D eigenvalue weighted by molar-refractivity contribution is 7.11. The summed E-state index contributed by atoms with van der Waals surface area (Å²) in [6.07, 6.45) is 0.516. The van der Waals surface area contributed by atoms with Crippen molar-refractivity contribution in [3.63, 3.8) is 0 Å². The van der Waals surface area contributed by atoms with E-state index >= 15 is 0 Å². The molecule has 1 N–H and O–H groups in total. The standard InChI is InChI=1S/C15H24N2O2S.ClH/c1-11(2)17(9-14-5-4-12(3)20-14)15(18)8-13-10-19-7-6-16-13;/h4-5,11,13,16H,6-10H2,1-3H3;1H. The zero-order chi connectivity index (χ0) is 14.5. The minimum absolute atomic E-state index is 0. The molecule has 120 valence electrons. The van der Waals surface area contributed by atoms with Gasteiger partial charge in [0, 0.05) is 34.8 Å². The van der Waals surface area contributed by atoms with Crippen LogP contribution in [0, 0.1) is 6.92 Å². The van der Waals surface area contributed by atoms with Crippen molar-refractivity contribution in [2.24, 2.45) is 0 Å². The first kappa shape index (κ1) is 18.4. The number of hydrogen-bond acceptors (Lipinski definition) is 4. The smallest absolute Gasteiger partial charge is 0.224 e. The second-order valence-electron chi connectivity index (χ2n) is 5.56. The molecule has 0 spiro atoms. The maximum Gasteiger partial charge on any atom is 0.224 e. The van der Waals surface area contributed by atoms with Gasteiger partial charge in [-0.25, -0.2) is 0 Å². The highest BCUT2D eigenvalue weighted by Gasteiger charge is 2.23. The Kier molecular flexibility index (Phi) is 7.66. The predicted molar refractivity (Wildman–Crippen MR) is 89.2 cm³/mol. The van der Waals surface area contributed by atoms with Crippen LogP contribution in [0.5, 0.6) is 0 Å². The fraction of sp³-hybridized carbons (Fsp3) is 0.667. The number of halogens is 1. The van der Waals surface area contributed by atoms with Crippen molar-refractivity contribution >= 4 is 29.7 Å². The number of aryl methyl sites for hydroxylation is 1. The number of amides is 1. The number of thiophene rings is 1. The van der Waals surface area contributed by atoms with Gasteiger partial charge in [-0.2, -0.15) is 0 Å². The van der Waals surface area contributed by atoms with Crippen LogP contribution < -0.4 is 5.32 Å². The summed E-state index contributed by atoms with van der Waals surface area (Å²) < 4.78 is 5.41. The Morgan fingerprint density at radius 2 is 2.29 bits per heavy atom. The van der Waals surface area contributed by atoms with E-state index < -0.39 is 0 Å². The third kappa shape index (κ3) is 5.58. The molecule has 2 heterocycles. The van der Waals surface area contributed by atoms with Crippen molar-refractivity contribution in [1.29, 1.82) is 0 Å². The molecule has 0 bridgehead atoms. The summed E-state index contributed by atoms with van der Waals surface area (Å²) in [5, 5.41) is 3.34. The molecule has 21 heavy (non-hydrogen) atoms. The van der Waals surface area contributed by atoms with Crippen LogP contribution in [-0.4, -0.2) is 42.6 Å². The highest BCUT2D eigenvalue weighted by atomic mass is 35.5. The molecular weight excluding hydrogens is 308 g/mol. The molecule has 0 radical (unpaired) electrons. The maximum atomic E-state index is 12.5. The van der Waals surface area contributed by atoms with E-state index in [2.05, 4.69) is 38.2 Å². The van der Waals surface area contributed by atoms with E-state index in [1.54, 1.807) is 11.3 Å². The average Bonchev–Trinajstić information content (AvgIpc) is 2.82. The molecule has 1 unspecified atom stereocenters. The zero-order valence-electron chi connectivity index (χ0n) is 12.9. The first-order valence-electron chi connectivity index (χ1n) is 7.22. The molecule has 1 aromatic rings. The van der Waals surface area contributed by atoms with Crippen molar-refractivity contribution < 1.29 is 9.53 Å². The summed E-state index contributed by atoms with van der Waals surface area (Å²) in [5.41, 5.74) is 0. The molecule has 6 heteroatoms. The fourth-order valence-electron chi connectivity index (χ4n) is 2.38. The minimum Gasteiger partial charge on any atom is -0.378 e. The maximum absolute atomic E-state index is 12.5. The predicted octanol–water partition coefficient (Wildman–Crippen LogP) is 2.59. The quantitative estimate of drug-likeness (QED) is 0.901. The Bertz CT molecular complexity index is 445. The summed E-state index contributed by atoms with van der Waals surface area (Å²) in [5.74, 6) is 0.203. The van der Waals surface area contributed by atoms with Crippen molar-refractivity contribution in [2.45, 2.75) is 45.8 Å². The van der Waals surface area contributed by atoms with Crippen LogP contribution in [0.3, 0.4) is 0 Å². The molecule has 1 saturated heterocycles. The van der Waals surface area contributed by atoms with Crippen LogP contribution in [-0.2, 0) is 16.1 Å². The van der Waals surface area contributed by atoms with Gasteiger partial charge < -0.3 is 15.0 Å². The lowest BCUT2D eigenvalue weighted by molar-refractivity contribution is -0.134. The van der Waals surface area contributed by atoms with E-state index in [9.17, 15) is 4.79 Å². The van der Waals surface area contributed by atoms with Crippen LogP contribution in [0.4, 0.5) is 0 Å². The van der Waals surface area contributed by atoms with Crippen molar-refractivity contribution in [1.82, 2.24) is 10.2 Å². The van der Waals surface area contributed by atoms with Crippen molar-refractivity contribution in [2.75, 3.05) is 19.8 Å². The number of rotatable bonds is 5. The highest BCUT2D eigenvalue weighted by Crippen LogP contribution is 2.19. The lowest BCUT2D eigenvalue weighted by Gasteiger charge is -2.30. The fourth-order valence-corrected chi connectivity index (χ4v) is 3.26. The monoisotopic (exact) mass is 332 g/mol. The molecule has 1 atom stereocenters. The molecule has 2 rings (SSSR count). The second-order valence-corrected chi connectivity index (χ2v) is 6.93. The summed E-state index contributed by atoms with van der Waals surface area (Å²) in [4.78, 5) is 17.0. The summed E-state index contributed by atoms with van der Waals surface area (Å²) in [6.45, 7) is 9.17. The lowest BCUT2D eigenvalue weighted by atomic mass is 10.1. The first-order valence-corrected chi connectivity index (χ1v) is 8.04. The van der Waals surface area contributed by atoms with Crippen LogP contribution in [0.2, 0.25) is 0 Å². The van der Waals surface area contributed by atoms with Gasteiger partial charge in [-0.05, 0) is 32.9 Å². The van der Waals surface area contributed by atoms with E-state index in [0.29, 0.717) is 19.6 Å². The largest absolute Gasteiger partial charge is 0.378 e. The van der Waals surface area contributed by atoms with Crippen LogP contribution in [0.1, 0.15) is 30.0 Å². The summed E-state index contributed by atoms with van der Waals surface area (Å²) >= 11 is 1.76. The van der Waals surface area contributed by atoms with Crippen molar-refractivity contribution in [3.05, 3.63) is 21.9 Å². The van der Waals surface area contributed by atoms with Crippen molar-refractivity contribution in [3.8, 4) is 0 Å². The van der Waals surface area contributed by atoms with Gasteiger partial charge in [-0.15, -0.1) is 23.7 Å². The third-order valence-electron chi connectivity index (χ3n) is 3.49. The number of carbonyl (C=O) groups excluding carboxylic acids is 1. The number of ether oxygens (including phenoxy) is 1. The molecular formula is C15H25ClN2O2S. The molecule has 1 aromatic heterocycles. The van der Waals surface area contributed by atoms with Gasteiger partial charge in [0.15, 0.2) is 0 Å². The Balaban J connectivity index is 0.00000220. The van der Waals surface area contributed by atoms with Crippen LogP contribution in [0.15, 0.2) is 12.1 Å². The number of carbonyl (C=O) groups is 1. The number of nitrogens with zero attached hydrogens (tertiary/aromatic N) is 1. The van der Waals surface area contributed by atoms with E-state index in [0.717, 1.165) is 13.2 Å². The van der Waals surface area contributed by atoms with Crippen LogP contribution >= 0.6 is 23.7 Å². The Labute approximate surface area is 137 Å². The van der Waals surface area contributed by atoms with E-state index in [1.165, 1.54) is 9.75 Å². The molecule has 1 aliphatic rings. The Morgan fingerprint density at radius 1 is 1.52 bits per heavy atom. The lowest BCUT2D eigenvalue weighted by Crippen LogP contribution is -2.46. The van der Waals surface area contributed by atoms with E-state index in [1.807, 2.05) is 4.90 Å². The normalized spacial score (nSPS) is 18.4. The molecule has 1 fully saturated rings. The molecule has 0 saturated carbocycles. The summed E-state index contributed by atoms with van der Waals surface area (Å²) in [7, 11) is 0. The third-order valence-corrected chi connectivity index (χ3v) is 4.47. The van der Waals surface area contributed by atoms with Crippen LogP contribution in [0.25, 0.3) is 0 Å².